The Morgan fingerprint density at radius 1 is 1.25 bits per heavy atom. The molecule has 0 amide bonds. The lowest BCUT2D eigenvalue weighted by Crippen LogP contribution is -2.41. The van der Waals surface area contributed by atoms with Gasteiger partial charge >= 0.3 is 0 Å². The summed E-state index contributed by atoms with van der Waals surface area (Å²) in [5.74, 6) is 0.675. The van der Waals surface area contributed by atoms with Gasteiger partial charge in [-0.15, -0.1) is 0 Å². The molecule has 110 valence electrons. The Morgan fingerprint density at radius 2 is 2.05 bits per heavy atom. The van der Waals surface area contributed by atoms with Crippen LogP contribution < -0.4 is 10.2 Å². The maximum absolute atomic E-state index is 13.6. The predicted molar refractivity (Wildman–Crippen MR) is 81.5 cm³/mol. The molecule has 2 unspecified atom stereocenters. The molecular weight excluding hydrogens is 251 g/mol. The minimum absolute atomic E-state index is 0.126. The van der Waals surface area contributed by atoms with Crippen molar-refractivity contribution >= 4 is 5.69 Å². The van der Waals surface area contributed by atoms with Crippen molar-refractivity contribution in [1.82, 2.24) is 5.32 Å². The summed E-state index contributed by atoms with van der Waals surface area (Å²) < 4.78 is 13.6. The fraction of sp³-hybridized carbons (Fsp3) is 0.647. The van der Waals surface area contributed by atoms with E-state index in [4.69, 9.17) is 0 Å². The standard InChI is InChI=1S/C17H25FN2/c1-12-7-8-20(13(2)9-12)17-6-3-15(18)10-14(17)11-19-16-4-5-16/h3,6,10,12-13,16,19H,4-5,7-9,11H2,1-2H3. The van der Waals surface area contributed by atoms with Crippen LogP contribution in [0.2, 0.25) is 0 Å². The smallest absolute Gasteiger partial charge is 0.123 e. The van der Waals surface area contributed by atoms with E-state index < -0.39 is 0 Å². The van der Waals surface area contributed by atoms with E-state index in [9.17, 15) is 4.39 Å². The number of piperidine rings is 1. The van der Waals surface area contributed by atoms with Crippen LogP contribution >= 0.6 is 0 Å². The number of hydrogen-bond donors (Lipinski definition) is 1. The maximum atomic E-state index is 13.6. The van der Waals surface area contributed by atoms with E-state index in [1.165, 1.54) is 31.4 Å². The van der Waals surface area contributed by atoms with Crippen molar-refractivity contribution in [3.8, 4) is 0 Å². The van der Waals surface area contributed by atoms with E-state index in [0.29, 0.717) is 12.1 Å². The highest BCUT2D eigenvalue weighted by atomic mass is 19.1. The average Bonchev–Trinajstić information content (AvgIpc) is 3.21. The Morgan fingerprint density at radius 3 is 2.75 bits per heavy atom. The summed E-state index contributed by atoms with van der Waals surface area (Å²) in [5.41, 5.74) is 2.33. The molecule has 2 aliphatic rings. The van der Waals surface area contributed by atoms with Crippen molar-refractivity contribution in [3.05, 3.63) is 29.6 Å². The molecule has 2 fully saturated rings. The van der Waals surface area contributed by atoms with Crippen molar-refractivity contribution in [2.75, 3.05) is 11.4 Å². The third-order valence-corrected chi connectivity index (χ3v) is 4.65. The number of nitrogens with one attached hydrogen (secondary N) is 1. The van der Waals surface area contributed by atoms with Crippen LogP contribution in [0.5, 0.6) is 0 Å². The van der Waals surface area contributed by atoms with Crippen molar-refractivity contribution in [2.45, 2.75) is 58.2 Å². The van der Waals surface area contributed by atoms with Gasteiger partial charge in [0, 0.05) is 30.9 Å². The molecule has 1 saturated carbocycles. The molecule has 1 N–H and O–H groups in total. The molecule has 0 radical (unpaired) electrons. The van der Waals surface area contributed by atoms with Crippen molar-refractivity contribution < 1.29 is 4.39 Å². The van der Waals surface area contributed by atoms with E-state index >= 15 is 0 Å². The summed E-state index contributed by atoms with van der Waals surface area (Å²) in [6.45, 7) is 6.49. The van der Waals surface area contributed by atoms with Crippen molar-refractivity contribution in [1.29, 1.82) is 0 Å². The van der Waals surface area contributed by atoms with Crippen molar-refractivity contribution in [2.24, 2.45) is 5.92 Å². The highest BCUT2D eigenvalue weighted by molar-refractivity contribution is 5.55. The molecule has 0 spiro atoms. The Balaban J connectivity index is 1.79. The van der Waals surface area contributed by atoms with Crippen LogP contribution in [0.15, 0.2) is 18.2 Å². The zero-order valence-electron chi connectivity index (χ0n) is 12.5. The van der Waals surface area contributed by atoms with Gasteiger partial charge in [0.15, 0.2) is 0 Å². The van der Waals surface area contributed by atoms with Gasteiger partial charge in [0.1, 0.15) is 5.82 Å². The van der Waals surface area contributed by atoms with Crippen LogP contribution in [0.1, 0.15) is 45.1 Å². The third kappa shape index (κ3) is 3.14. The Hall–Kier alpha value is -1.09. The summed E-state index contributed by atoms with van der Waals surface area (Å²) in [6.07, 6.45) is 4.99. The molecule has 1 aliphatic carbocycles. The van der Waals surface area contributed by atoms with Crippen LogP contribution in [0.3, 0.4) is 0 Å². The van der Waals surface area contributed by atoms with Gasteiger partial charge in [0.05, 0.1) is 0 Å². The van der Waals surface area contributed by atoms with Crippen LogP contribution in [-0.2, 0) is 6.54 Å². The normalized spacial score (nSPS) is 26.9. The zero-order valence-corrected chi connectivity index (χ0v) is 12.5. The maximum Gasteiger partial charge on any atom is 0.123 e. The Labute approximate surface area is 121 Å². The van der Waals surface area contributed by atoms with Gasteiger partial charge in [-0.25, -0.2) is 4.39 Å². The quantitative estimate of drug-likeness (QED) is 0.902. The first-order valence-electron chi connectivity index (χ1n) is 7.92. The number of anilines is 1. The lowest BCUT2D eigenvalue weighted by molar-refractivity contribution is 0.377. The van der Waals surface area contributed by atoms with Crippen LogP contribution in [0, 0.1) is 11.7 Å². The predicted octanol–water partition coefficient (Wildman–Crippen LogP) is 3.70. The molecule has 3 heteroatoms. The van der Waals surface area contributed by atoms with Gasteiger partial charge in [-0.3, -0.25) is 0 Å². The first-order chi connectivity index (χ1) is 9.63. The first-order valence-corrected chi connectivity index (χ1v) is 7.92. The third-order valence-electron chi connectivity index (χ3n) is 4.65. The molecule has 2 atom stereocenters. The number of nitrogens with zero attached hydrogens (tertiary/aromatic N) is 1. The summed E-state index contributed by atoms with van der Waals surface area (Å²) in [7, 11) is 0. The molecule has 0 aromatic heterocycles. The van der Waals surface area contributed by atoms with Gasteiger partial charge < -0.3 is 10.2 Å². The molecule has 1 aromatic carbocycles. The molecule has 3 rings (SSSR count). The number of hydrogen-bond acceptors (Lipinski definition) is 2. The molecule has 0 bridgehead atoms. The Bertz CT molecular complexity index is 470. The van der Waals surface area contributed by atoms with E-state index in [1.807, 2.05) is 6.07 Å². The van der Waals surface area contributed by atoms with E-state index in [1.54, 1.807) is 12.1 Å². The molecule has 1 aliphatic heterocycles. The minimum Gasteiger partial charge on any atom is -0.369 e. The molecule has 2 nitrogen and oxygen atoms in total. The molecule has 1 heterocycles. The molecular formula is C17H25FN2. The minimum atomic E-state index is -0.126. The number of benzene rings is 1. The second kappa shape index (κ2) is 5.72. The summed E-state index contributed by atoms with van der Waals surface area (Å²) in [5, 5.41) is 3.51. The molecule has 1 saturated heterocycles. The second-order valence-corrected chi connectivity index (χ2v) is 6.60. The summed E-state index contributed by atoms with van der Waals surface area (Å²) in [4.78, 5) is 2.46. The molecule has 20 heavy (non-hydrogen) atoms. The number of halogens is 1. The average molecular weight is 276 g/mol. The summed E-state index contributed by atoms with van der Waals surface area (Å²) >= 11 is 0. The highest BCUT2D eigenvalue weighted by Crippen LogP contribution is 2.31. The van der Waals surface area contributed by atoms with Gasteiger partial charge in [0.2, 0.25) is 0 Å². The number of rotatable bonds is 4. The van der Waals surface area contributed by atoms with Crippen LogP contribution in [0.25, 0.3) is 0 Å². The summed E-state index contributed by atoms with van der Waals surface area (Å²) in [6, 6.07) is 6.47. The second-order valence-electron chi connectivity index (χ2n) is 6.60. The fourth-order valence-electron chi connectivity index (χ4n) is 3.28. The topological polar surface area (TPSA) is 15.3 Å². The first kappa shape index (κ1) is 13.9. The van der Waals surface area contributed by atoms with Crippen molar-refractivity contribution in [3.63, 3.8) is 0 Å². The van der Waals surface area contributed by atoms with E-state index in [2.05, 4.69) is 24.1 Å². The fourth-order valence-corrected chi connectivity index (χ4v) is 3.28. The molecule has 1 aromatic rings. The van der Waals surface area contributed by atoms with Crippen LogP contribution in [-0.4, -0.2) is 18.6 Å². The van der Waals surface area contributed by atoms with Crippen LogP contribution in [0.4, 0.5) is 10.1 Å². The lowest BCUT2D eigenvalue weighted by atomic mass is 9.92. The van der Waals surface area contributed by atoms with Gasteiger partial charge in [-0.1, -0.05) is 6.92 Å². The Kier molecular flexibility index (Phi) is 3.97. The monoisotopic (exact) mass is 276 g/mol. The van der Waals surface area contributed by atoms with Gasteiger partial charge in [-0.05, 0) is 62.3 Å². The van der Waals surface area contributed by atoms with Gasteiger partial charge in [-0.2, -0.15) is 0 Å². The lowest BCUT2D eigenvalue weighted by Gasteiger charge is -2.39. The highest BCUT2D eigenvalue weighted by Gasteiger charge is 2.26. The zero-order chi connectivity index (χ0) is 14.1. The van der Waals surface area contributed by atoms with E-state index in [-0.39, 0.29) is 5.82 Å². The largest absolute Gasteiger partial charge is 0.369 e. The van der Waals surface area contributed by atoms with E-state index in [0.717, 1.165) is 24.6 Å². The van der Waals surface area contributed by atoms with Gasteiger partial charge in [0.25, 0.3) is 0 Å². The SMILES string of the molecule is CC1CCN(c2ccc(F)cc2CNC2CC2)C(C)C1.